The van der Waals surface area contributed by atoms with Gasteiger partial charge in [0.05, 0.1) is 22.9 Å². The predicted octanol–water partition coefficient (Wildman–Crippen LogP) is 3.86. The van der Waals surface area contributed by atoms with Crippen LogP contribution in [0, 0.1) is 6.92 Å². The number of methoxy groups -OCH3 is 1. The van der Waals surface area contributed by atoms with Gasteiger partial charge in [-0.25, -0.2) is 4.98 Å². The van der Waals surface area contributed by atoms with Crippen LogP contribution in [-0.2, 0) is 0 Å². The summed E-state index contributed by atoms with van der Waals surface area (Å²) in [6.07, 6.45) is 0. The van der Waals surface area contributed by atoms with Gasteiger partial charge in [-0.15, -0.1) is 11.3 Å². The maximum Gasteiger partial charge on any atom is 0.131 e. The summed E-state index contributed by atoms with van der Waals surface area (Å²) >= 11 is 1.67. The van der Waals surface area contributed by atoms with Crippen molar-refractivity contribution in [1.29, 1.82) is 0 Å². The van der Waals surface area contributed by atoms with Crippen LogP contribution in [0.5, 0.6) is 5.75 Å². The highest BCUT2D eigenvalue weighted by Crippen LogP contribution is 2.36. The fraction of sp³-hybridized carbons (Fsp3) is 0.133. The van der Waals surface area contributed by atoms with Crippen molar-refractivity contribution in [2.45, 2.75) is 6.92 Å². The van der Waals surface area contributed by atoms with Crippen LogP contribution in [0.15, 0.2) is 36.4 Å². The minimum absolute atomic E-state index is 0.692. The molecule has 0 radical (unpaired) electrons. The Balaban J connectivity index is 2.18. The van der Waals surface area contributed by atoms with Crippen LogP contribution in [0.25, 0.3) is 20.8 Å². The van der Waals surface area contributed by atoms with Crippen LogP contribution in [-0.4, -0.2) is 12.1 Å². The average molecular weight is 270 g/mol. The second-order valence-corrected chi connectivity index (χ2v) is 5.48. The minimum Gasteiger partial charge on any atom is -0.496 e. The average Bonchev–Trinajstić information content (AvgIpc) is 2.81. The quantitative estimate of drug-likeness (QED) is 0.719. The molecule has 1 heterocycles. The highest BCUT2D eigenvalue weighted by Gasteiger charge is 2.11. The molecule has 4 heteroatoms. The number of hydrogen-bond acceptors (Lipinski definition) is 4. The first kappa shape index (κ1) is 12.0. The molecule has 2 N–H and O–H groups in total. The maximum atomic E-state index is 5.78. The zero-order chi connectivity index (χ0) is 13.4. The van der Waals surface area contributed by atoms with E-state index in [1.165, 1.54) is 10.3 Å². The molecule has 0 unspecified atom stereocenters. The van der Waals surface area contributed by atoms with Crippen LogP contribution in [0.3, 0.4) is 0 Å². The molecule has 0 atom stereocenters. The van der Waals surface area contributed by atoms with Gasteiger partial charge >= 0.3 is 0 Å². The summed E-state index contributed by atoms with van der Waals surface area (Å²) in [4.78, 5) is 4.66. The summed E-state index contributed by atoms with van der Waals surface area (Å²) in [7, 11) is 1.65. The standard InChI is InChI=1S/C15H14N2OS/c1-9-3-6-12-14(7-9)19-15(17-12)11-5-4-10(16)8-13(11)18-2/h3-8H,16H2,1-2H3. The van der Waals surface area contributed by atoms with Crippen LogP contribution in [0.2, 0.25) is 0 Å². The van der Waals surface area contributed by atoms with Gasteiger partial charge in [-0.05, 0) is 36.8 Å². The normalized spacial score (nSPS) is 10.8. The molecule has 19 heavy (non-hydrogen) atoms. The second-order valence-electron chi connectivity index (χ2n) is 4.45. The van der Waals surface area contributed by atoms with E-state index in [-0.39, 0.29) is 0 Å². The van der Waals surface area contributed by atoms with Crippen molar-refractivity contribution in [2.75, 3.05) is 12.8 Å². The molecular weight excluding hydrogens is 256 g/mol. The lowest BCUT2D eigenvalue weighted by atomic mass is 10.2. The first-order valence-corrected chi connectivity index (χ1v) is 6.80. The monoisotopic (exact) mass is 270 g/mol. The molecule has 0 aliphatic rings. The molecule has 1 aromatic heterocycles. The van der Waals surface area contributed by atoms with Gasteiger partial charge in [0.25, 0.3) is 0 Å². The molecule has 0 bridgehead atoms. The lowest BCUT2D eigenvalue weighted by Crippen LogP contribution is -1.90. The van der Waals surface area contributed by atoms with Crippen molar-refractivity contribution < 1.29 is 4.74 Å². The highest BCUT2D eigenvalue weighted by atomic mass is 32.1. The van der Waals surface area contributed by atoms with Crippen molar-refractivity contribution in [3.8, 4) is 16.3 Å². The Labute approximate surface area is 115 Å². The summed E-state index contributed by atoms with van der Waals surface area (Å²) < 4.78 is 6.58. The molecule has 3 aromatic rings. The van der Waals surface area contributed by atoms with Crippen molar-refractivity contribution in [3.05, 3.63) is 42.0 Å². The SMILES string of the molecule is COc1cc(N)ccc1-c1nc2ccc(C)cc2s1. The van der Waals surface area contributed by atoms with Gasteiger partial charge in [-0.1, -0.05) is 6.07 Å². The van der Waals surface area contributed by atoms with E-state index >= 15 is 0 Å². The lowest BCUT2D eigenvalue weighted by Gasteiger charge is -2.06. The topological polar surface area (TPSA) is 48.1 Å². The fourth-order valence-electron chi connectivity index (χ4n) is 2.03. The number of benzene rings is 2. The molecule has 0 fully saturated rings. The van der Waals surface area contributed by atoms with E-state index in [0.29, 0.717) is 5.69 Å². The van der Waals surface area contributed by atoms with Crippen LogP contribution < -0.4 is 10.5 Å². The lowest BCUT2D eigenvalue weighted by molar-refractivity contribution is 0.416. The van der Waals surface area contributed by atoms with Crippen LogP contribution >= 0.6 is 11.3 Å². The molecule has 2 aromatic carbocycles. The van der Waals surface area contributed by atoms with Gasteiger partial charge in [-0.2, -0.15) is 0 Å². The first-order valence-electron chi connectivity index (χ1n) is 5.98. The van der Waals surface area contributed by atoms with E-state index in [4.69, 9.17) is 10.5 Å². The molecular formula is C15H14N2OS. The minimum atomic E-state index is 0.692. The van der Waals surface area contributed by atoms with Crippen LogP contribution in [0.1, 0.15) is 5.56 Å². The molecule has 0 amide bonds. The largest absolute Gasteiger partial charge is 0.496 e. The summed E-state index contributed by atoms with van der Waals surface area (Å²) in [6.45, 7) is 2.09. The third-order valence-corrected chi connectivity index (χ3v) is 4.05. The van der Waals surface area contributed by atoms with E-state index in [9.17, 15) is 0 Å². The molecule has 96 valence electrons. The number of aromatic nitrogens is 1. The number of anilines is 1. The number of nitrogens with zero attached hydrogens (tertiary/aromatic N) is 1. The van der Waals surface area contributed by atoms with Gasteiger partial charge < -0.3 is 10.5 Å². The van der Waals surface area contributed by atoms with E-state index in [2.05, 4.69) is 30.1 Å². The molecule has 0 spiro atoms. The Bertz CT molecular complexity index is 749. The van der Waals surface area contributed by atoms with E-state index in [0.717, 1.165) is 21.8 Å². The smallest absolute Gasteiger partial charge is 0.131 e. The Morgan fingerprint density at radius 1 is 1.16 bits per heavy atom. The summed E-state index contributed by atoms with van der Waals surface area (Å²) in [6, 6.07) is 11.9. The van der Waals surface area contributed by atoms with Crippen LogP contribution in [0.4, 0.5) is 5.69 Å². The van der Waals surface area contributed by atoms with Gasteiger partial charge in [-0.3, -0.25) is 0 Å². The highest BCUT2D eigenvalue weighted by molar-refractivity contribution is 7.21. The third kappa shape index (κ3) is 2.15. The molecule has 3 rings (SSSR count). The number of ether oxygens (including phenoxy) is 1. The number of nitrogens with two attached hydrogens (primary N) is 1. The number of hydrogen-bond donors (Lipinski definition) is 1. The van der Waals surface area contributed by atoms with Gasteiger partial charge in [0.15, 0.2) is 0 Å². The number of nitrogen functional groups attached to an aromatic ring is 1. The zero-order valence-corrected chi connectivity index (χ0v) is 11.6. The number of thiazole rings is 1. The van der Waals surface area contributed by atoms with E-state index in [1.54, 1.807) is 18.4 Å². The van der Waals surface area contributed by atoms with Crippen molar-refractivity contribution >= 4 is 27.2 Å². The summed E-state index contributed by atoms with van der Waals surface area (Å²) in [5, 5.41) is 0.956. The Morgan fingerprint density at radius 3 is 2.79 bits per heavy atom. The molecule has 0 saturated heterocycles. The first-order chi connectivity index (χ1) is 9.17. The van der Waals surface area contributed by atoms with Crippen molar-refractivity contribution in [2.24, 2.45) is 0 Å². The zero-order valence-electron chi connectivity index (χ0n) is 10.8. The van der Waals surface area contributed by atoms with Gasteiger partial charge in [0, 0.05) is 11.8 Å². The molecule has 0 aliphatic heterocycles. The fourth-order valence-corrected chi connectivity index (χ4v) is 3.13. The Morgan fingerprint density at radius 2 is 2.00 bits per heavy atom. The van der Waals surface area contributed by atoms with Crippen molar-refractivity contribution in [1.82, 2.24) is 4.98 Å². The summed E-state index contributed by atoms with van der Waals surface area (Å²) in [5.41, 5.74) is 9.71. The summed E-state index contributed by atoms with van der Waals surface area (Å²) in [5.74, 6) is 0.760. The molecule has 0 saturated carbocycles. The Kier molecular flexibility index (Phi) is 2.87. The number of fused-ring (bicyclic) bond motifs is 1. The van der Waals surface area contributed by atoms with E-state index in [1.807, 2.05) is 18.2 Å². The van der Waals surface area contributed by atoms with Gasteiger partial charge in [0.1, 0.15) is 10.8 Å². The number of rotatable bonds is 2. The molecule has 0 aliphatic carbocycles. The second kappa shape index (κ2) is 4.55. The Hall–Kier alpha value is -2.07. The van der Waals surface area contributed by atoms with Crippen molar-refractivity contribution in [3.63, 3.8) is 0 Å². The third-order valence-electron chi connectivity index (χ3n) is 3.00. The maximum absolute atomic E-state index is 5.78. The molecule has 3 nitrogen and oxygen atoms in total. The van der Waals surface area contributed by atoms with E-state index < -0.39 is 0 Å². The predicted molar refractivity (Wildman–Crippen MR) is 80.8 cm³/mol. The number of aryl methyl sites for hydroxylation is 1. The van der Waals surface area contributed by atoms with Gasteiger partial charge in [0.2, 0.25) is 0 Å².